The average Bonchev–Trinajstić information content (AvgIpc) is 3.80. The predicted octanol–water partition coefficient (Wildman–Crippen LogP) is 3.92. The molecule has 11 heteroatoms. The molecular weight excluding hydrogens is 494 g/mol. The van der Waals surface area contributed by atoms with Crippen LogP contribution >= 0.6 is 0 Å². The molecule has 0 bridgehead atoms. The molecule has 2 amide bonds. The fraction of sp³-hybridized carbons (Fsp3) is 0.444. The van der Waals surface area contributed by atoms with E-state index in [1.165, 1.54) is 19.1 Å². The second-order valence-electron chi connectivity index (χ2n) is 10.5. The van der Waals surface area contributed by atoms with E-state index in [1.807, 2.05) is 13.8 Å². The lowest BCUT2D eigenvalue weighted by molar-refractivity contribution is -0.613. The highest BCUT2D eigenvalue weighted by Crippen LogP contribution is 2.51. The van der Waals surface area contributed by atoms with Gasteiger partial charge in [-0.25, -0.2) is 9.37 Å². The van der Waals surface area contributed by atoms with E-state index >= 15 is 4.39 Å². The zero-order valence-electron chi connectivity index (χ0n) is 21.4. The van der Waals surface area contributed by atoms with Crippen LogP contribution in [0, 0.1) is 41.6 Å². The summed E-state index contributed by atoms with van der Waals surface area (Å²) in [5.74, 6) is -2.02. The number of nitrogens with one attached hydrogen (secondary N) is 2. The molecule has 2 saturated carbocycles. The zero-order valence-corrected chi connectivity index (χ0v) is 21.4. The minimum absolute atomic E-state index is 0.0269. The van der Waals surface area contributed by atoms with Crippen molar-refractivity contribution in [2.45, 2.75) is 58.5 Å². The monoisotopic (exact) mass is 524 g/mol. The van der Waals surface area contributed by atoms with Crippen LogP contribution in [0.15, 0.2) is 36.7 Å². The lowest BCUT2D eigenvalue weighted by atomic mass is 9.88. The summed E-state index contributed by atoms with van der Waals surface area (Å²) in [6.07, 6.45) is 6.31. The maximum absolute atomic E-state index is 15.0. The summed E-state index contributed by atoms with van der Waals surface area (Å²) in [5, 5.41) is 21.7. The molecule has 3 heterocycles. The third-order valence-electron chi connectivity index (χ3n) is 7.31. The van der Waals surface area contributed by atoms with Crippen LogP contribution < -0.4 is 15.4 Å². The van der Waals surface area contributed by atoms with Crippen molar-refractivity contribution in [1.29, 1.82) is 0 Å². The Bertz CT molecular complexity index is 1370. The van der Waals surface area contributed by atoms with Crippen molar-refractivity contribution in [2.24, 2.45) is 17.8 Å². The van der Waals surface area contributed by atoms with Gasteiger partial charge in [-0.1, -0.05) is 0 Å². The number of rotatable bonds is 9. The number of aromatic nitrogens is 4. The van der Waals surface area contributed by atoms with Crippen molar-refractivity contribution in [1.82, 2.24) is 20.1 Å². The molecule has 0 spiro atoms. The third-order valence-corrected chi connectivity index (χ3v) is 7.31. The van der Waals surface area contributed by atoms with E-state index < -0.39 is 29.6 Å². The van der Waals surface area contributed by atoms with Crippen LogP contribution in [-0.4, -0.2) is 32.6 Å². The first-order valence-corrected chi connectivity index (χ1v) is 12.9. The number of carbonyl (C=O) groups excluding carboxylic acids is 2. The number of nitrogens with zero attached hydrogens (tertiary/aromatic N) is 4. The molecular formula is C27H30F2N6O3. The molecule has 2 fully saturated rings. The molecule has 38 heavy (non-hydrogen) atoms. The van der Waals surface area contributed by atoms with Gasteiger partial charge in [0.15, 0.2) is 11.5 Å². The lowest BCUT2D eigenvalue weighted by Gasteiger charge is -2.27. The van der Waals surface area contributed by atoms with Crippen molar-refractivity contribution >= 4 is 17.6 Å². The Hall–Kier alpha value is -3.89. The fourth-order valence-electron chi connectivity index (χ4n) is 5.14. The minimum Gasteiger partial charge on any atom is -0.618 e. The Labute approximate surface area is 218 Å². The summed E-state index contributed by atoms with van der Waals surface area (Å²) in [6.45, 7) is 5.28. The van der Waals surface area contributed by atoms with Crippen molar-refractivity contribution in [2.75, 3.05) is 5.32 Å². The number of carbonyl (C=O) groups is 2. The van der Waals surface area contributed by atoms with Gasteiger partial charge in [0.1, 0.15) is 17.6 Å². The summed E-state index contributed by atoms with van der Waals surface area (Å²) < 4.78 is 30.7. The van der Waals surface area contributed by atoms with Crippen LogP contribution in [0.3, 0.4) is 0 Å². The Morgan fingerprint density at radius 2 is 1.79 bits per heavy atom. The van der Waals surface area contributed by atoms with Crippen molar-refractivity contribution in [3.63, 3.8) is 0 Å². The summed E-state index contributed by atoms with van der Waals surface area (Å²) in [7, 11) is 0. The molecule has 0 aliphatic heterocycles. The smallest absolute Gasteiger partial charge is 0.270 e. The van der Waals surface area contributed by atoms with Gasteiger partial charge >= 0.3 is 0 Å². The molecule has 200 valence electrons. The van der Waals surface area contributed by atoms with Gasteiger partial charge in [0.05, 0.1) is 5.56 Å². The highest BCUT2D eigenvalue weighted by atomic mass is 19.1. The van der Waals surface area contributed by atoms with E-state index in [1.54, 1.807) is 16.9 Å². The highest BCUT2D eigenvalue weighted by molar-refractivity contribution is 6.00. The van der Waals surface area contributed by atoms with Gasteiger partial charge in [-0.05, 0) is 81.5 Å². The molecule has 2 N–H and O–H groups in total. The van der Waals surface area contributed by atoms with Gasteiger partial charge in [0.25, 0.3) is 5.91 Å². The SMILES string of the molecule is Cc1c(-c2ccc(NC(=O)[C@@H](NC(=O)c3ccnn3C(C)C)C(C3CC3)C3CC3)nc2F)cc(F)c[n+]1[O-]. The molecule has 3 aromatic rings. The molecule has 0 saturated heterocycles. The molecule has 0 unspecified atom stereocenters. The second-order valence-corrected chi connectivity index (χ2v) is 10.5. The van der Waals surface area contributed by atoms with Crippen molar-refractivity contribution in [3.05, 3.63) is 65.0 Å². The van der Waals surface area contributed by atoms with Crippen molar-refractivity contribution in [3.8, 4) is 11.1 Å². The summed E-state index contributed by atoms with van der Waals surface area (Å²) in [4.78, 5) is 30.7. The number of hydrogen-bond donors (Lipinski definition) is 2. The molecule has 3 aromatic heterocycles. The van der Waals surface area contributed by atoms with Crippen LogP contribution in [0.1, 0.15) is 61.8 Å². The zero-order chi connectivity index (χ0) is 27.1. The molecule has 9 nitrogen and oxygen atoms in total. The Morgan fingerprint density at radius 3 is 2.39 bits per heavy atom. The Morgan fingerprint density at radius 1 is 1.11 bits per heavy atom. The van der Waals surface area contributed by atoms with Gasteiger partial charge in [0, 0.05) is 24.7 Å². The van der Waals surface area contributed by atoms with E-state index in [0.29, 0.717) is 22.3 Å². The first kappa shape index (κ1) is 25.7. The van der Waals surface area contributed by atoms with E-state index in [4.69, 9.17) is 0 Å². The second kappa shape index (κ2) is 10.1. The quantitative estimate of drug-likeness (QED) is 0.250. The molecule has 5 rings (SSSR count). The Balaban J connectivity index is 1.40. The maximum atomic E-state index is 15.0. The summed E-state index contributed by atoms with van der Waals surface area (Å²) >= 11 is 0. The Kier molecular flexibility index (Phi) is 6.85. The van der Waals surface area contributed by atoms with Crippen molar-refractivity contribution < 1.29 is 23.1 Å². The number of amides is 2. The predicted molar refractivity (Wildman–Crippen MR) is 135 cm³/mol. The van der Waals surface area contributed by atoms with Gasteiger partial charge in [-0.3, -0.25) is 14.3 Å². The topological polar surface area (TPSA) is 116 Å². The standard InChI is InChI=1S/C27H30F2N6O3/c1-14(2)35-21(10-11-30-35)26(36)33-24(23(16-4-5-16)17-6-7-17)27(37)32-22-9-8-19(25(29)31-22)20-12-18(28)13-34(38)15(20)3/h8-14,16-17,23-24H,4-7H2,1-3H3,(H,33,36)(H,31,32,37)/t24-/m0/s1. The first-order chi connectivity index (χ1) is 18.1. The third kappa shape index (κ3) is 5.23. The summed E-state index contributed by atoms with van der Waals surface area (Å²) in [6, 6.07) is 4.55. The molecule has 0 aromatic carbocycles. The lowest BCUT2D eigenvalue weighted by Crippen LogP contribution is -2.50. The number of pyridine rings is 2. The molecule has 2 aliphatic carbocycles. The minimum atomic E-state index is -0.959. The number of halogens is 2. The summed E-state index contributed by atoms with van der Waals surface area (Å²) in [5.41, 5.74) is 0.476. The van der Waals surface area contributed by atoms with Crippen LogP contribution in [0.25, 0.3) is 11.1 Å². The van der Waals surface area contributed by atoms with Gasteiger partial charge in [0.2, 0.25) is 18.1 Å². The van der Waals surface area contributed by atoms with Gasteiger partial charge in [-0.15, -0.1) is 0 Å². The van der Waals surface area contributed by atoms with E-state index in [0.717, 1.165) is 37.9 Å². The van der Waals surface area contributed by atoms with Gasteiger partial charge in [-0.2, -0.15) is 14.2 Å². The highest BCUT2D eigenvalue weighted by Gasteiger charge is 2.48. The molecule has 2 aliphatic rings. The van der Waals surface area contributed by atoms with Crippen LogP contribution in [0.5, 0.6) is 0 Å². The van der Waals surface area contributed by atoms with E-state index in [2.05, 4.69) is 20.7 Å². The molecule has 1 atom stereocenters. The first-order valence-electron chi connectivity index (χ1n) is 12.9. The van der Waals surface area contributed by atoms with Crippen LogP contribution in [0.4, 0.5) is 14.6 Å². The normalized spacial score (nSPS) is 16.1. The maximum Gasteiger partial charge on any atom is 0.270 e. The fourth-order valence-corrected chi connectivity index (χ4v) is 5.14. The molecule has 0 radical (unpaired) electrons. The van der Waals surface area contributed by atoms with E-state index in [9.17, 15) is 19.2 Å². The van der Waals surface area contributed by atoms with E-state index in [-0.39, 0.29) is 34.6 Å². The van der Waals surface area contributed by atoms with Crippen LogP contribution in [-0.2, 0) is 4.79 Å². The number of anilines is 1. The average molecular weight is 525 g/mol. The number of hydrogen-bond acceptors (Lipinski definition) is 5. The van der Waals surface area contributed by atoms with Gasteiger partial charge < -0.3 is 15.8 Å². The van der Waals surface area contributed by atoms with Crippen LogP contribution in [0.2, 0.25) is 0 Å². The largest absolute Gasteiger partial charge is 0.618 e.